The van der Waals surface area contributed by atoms with Gasteiger partial charge in [-0.2, -0.15) is 0 Å². The summed E-state index contributed by atoms with van der Waals surface area (Å²) in [6, 6.07) is 0. The molecule has 3 unspecified atom stereocenters. The molecular formula is C10H17F. The Bertz CT molecular complexity index is 156. The highest BCUT2D eigenvalue weighted by Crippen LogP contribution is 2.45. The Balaban J connectivity index is 2.32. The van der Waals surface area contributed by atoms with E-state index in [0.717, 1.165) is 0 Å². The largest absolute Gasteiger partial charge is 0.251 e. The van der Waals surface area contributed by atoms with E-state index in [1.54, 1.807) is 0 Å². The van der Waals surface area contributed by atoms with Crippen molar-refractivity contribution in [1.29, 1.82) is 0 Å². The number of allylic oxidation sites excluding steroid dienone is 2. The maximum absolute atomic E-state index is 12.2. The lowest BCUT2D eigenvalue weighted by Gasteiger charge is -2.02. The first-order chi connectivity index (χ1) is 5.15. The van der Waals surface area contributed by atoms with Crippen LogP contribution in [0.3, 0.4) is 0 Å². The summed E-state index contributed by atoms with van der Waals surface area (Å²) in [5.74, 6) is 1.59. The zero-order chi connectivity index (χ0) is 8.43. The minimum absolute atomic E-state index is 0.155. The van der Waals surface area contributed by atoms with Crippen LogP contribution < -0.4 is 0 Å². The van der Waals surface area contributed by atoms with Gasteiger partial charge in [0.25, 0.3) is 0 Å². The lowest BCUT2D eigenvalue weighted by molar-refractivity contribution is 0.346. The second kappa shape index (κ2) is 3.38. The topological polar surface area (TPSA) is 0 Å². The highest BCUT2D eigenvalue weighted by atomic mass is 19.1. The van der Waals surface area contributed by atoms with Crippen LogP contribution in [0.25, 0.3) is 0 Å². The Labute approximate surface area is 68.5 Å². The van der Waals surface area contributed by atoms with Gasteiger partial charge in [0.1, 0.15) is 0 Å². The van der Waals surface area contributed by atoms with E-state index in [-0.39, 0.29) is 12.6 Å². The number of hydrogen-bond acceptors (Lipinski definition) is 0. The molecule has 11 heavy (non-hydrogen) atoms. The molecule has 1 aliphatic rings. The van der Waals surface area contributed by atoms with Crippen molar-refractivity contribution >= 4 is 0 Å². The van der Waals surface area contributed by atoms with Crippen LogP contribution in [-0.2, 0) is 0 Å². The molecule has 1 saturated carbocycles. The summed E-state index contributed by atoms with van der Waals surface area (Å²) in [5, 5.41) is 0. The van der Waals surface area contributed by atoms with Gasteiger partial charge < -0.3 is 0 Å². The lowest BCUT2D eigenvalue weighted by atomic mass is 10.1. The molecular weight excluding hydrogens is 139 g/mol. The van der Waals surface area contributed by atoms with Gasteiger partial charge in [0, 0.05) is 0 Å². The van der Waals surface area contributed by atoms with E-state index in [0.29, 0.717) is 11.8 Å². The first-order valence-corrected chi connectivity index (χ1v) is 4.36. The van der Waals surface area contributed by atoms with Gasteiger partial charge in [-0.1, -0.05) is 18.6 Å². The van der Waals surface area contributed by atoms with Crippen molar-refractivity contribution in [3.05, 3.63) is 11.6 Å². The summed E-state index contributed by atoms with van der Waals surface area (Å²) in [5.41, 5.74) is 1.36. The van der Waals surface area contributed by atoms with E-state index in [2.05, 4.69) is 19.9 Å². The SMILES string of the molecule is CC(C)=CC1CC1C(C)CF. The molecule has 0 nitrogen and oxygen atoms in total. The van der Waals surface area contributed by atoms with Crippen molar-refractivity contribution < 1.29 is 4.39 Å². The van der Waals surface area contributed by atoms with Crippen molar-refractivity contribution in [1.82, 2.24) is 0 Å². The van der Waals surface area contributed by atoms with E-state index >= 15 is 0 Å². The third-order valence-electron chi connectivity index (χ3n) is 2.41. The van der Waals surface area contributed by atoms with Crippen molar-refractivity contribution in [3.63, 3.8) is 0 Å². The molecule has 0 spiro atoms. The van der Waals surface area contributed by atoms with Gasteiger partial charge in [0.05, 0.1) is 6.67 Å². The van der Waals surface area contributed by atoms with Crippen LogP contribution >= 0.6 is 0 Å². The Morgan fingerprint density at radius 2 is 2.27 bits per heavy atom. The van der Waals surface area contributed by atoms with E-state index in [9.17, 15) is 4.39 Å². The fourth-order valence-electron chi connectivity index (χ4n) is 1.62. The molecule has 0 amide bonds. The smallest absolute Gasteiger partial charge is 0.0922 e. The normalized spacial score (nSPS) is 31.3. The fourth-order valence-corrected chi connectivity index (χ4v) is 1.62. The molecule has 0 bridgehead atoms. The molecule has 64 valence electrons. The third kappa shape index (κ3) is 2.32. The summed E-state index contributed by atoms with van der Waals surface area (Å²) in [6.45, 7) is 6.06. The van der Waals surface area contributed by atoms with Gasteiger partial charge >= 0.3 is 0 Å². The molecule has 1 rings (SSSR count). The Hall–Kier alpha value is -0.330. The van der Waals surface area contributed by atoms with E-state index in [4.69, 9.17) is 0 Å². The predicted molar refractivity (Wildman–Crippen MR) is 46.2 cm³/mol. The molecule has 0 aromatic heterocycles. The Morgan fingerprint density at radius 3 is 2.73 bits per heavy atom. The first kappa shape index (κ1) is 8.76. The maximum atomic E-state index is 12.2. The maximum Gasteiger partial charge on any atom is 0.0922 e. The summed E-state index contributed by atoms with van der Waals surface area (Å²) in [7, 11) is 0. The summed E-state index contributed by atoms with van der Waals surface area (Å²) < 4.78 is 12.2. The van der Waals surface area contributed by atoms with Crippen molar-refractivity contribution in [2.24, 2.45) is 17.8 Å². The molecule has 0 aromatic carbocycles. The van der Waals surface area contributed by atoms with Crippen molar-refractivity contribution in [2.75, 3.05) is 6.67 Å². The van der Waals surface area contributed by atoms with E-state index in [1.165, 1.54) is 12.0 Å². The van der Waals surface area contributed by atoms with Crippen LogP contribution in [0, 0.1) is 17.8 Å². The molecule has 1 heteroatoms. The van der Waals surface area contributed by atoms with Crippen LogP contribution in [0.5, 0.6) is 0 Å². The summed E-state index contributed by atoms with van der Waals surface area (Å²) in [4.78, 5) is 0. The lowest BCUT2D eigenvalue weighted by Crippen LogP contribution is -2.00. The Kier molecular flexibility index (Phi) is 2.69. The summed E-state index contributed by atoms with van der Waals surface area (Å²) >= 11 is 0. The van der Waals surface area contributed by atoms with Gasteiger partial charge in [0.15, 0.2) is 0 Å². The number of hydrogen-bond donors (Lipinski definition) is 0. The number of alkyl halides is 1. The molecule has 0 aliphatic heterocycles. The Morgan fingerprint density at radius 1 is 1.64 bits per heavy atom. The van der Waals surface area contributed by atoms with Crippen molar-refractivity contribution in [3.8, 4) is 0 Å². The van der Waals surface area contributed by atoms with Crippen molar-refractivity contribution in [2.45, 2.75) is 27.2 Å². The van der Waals surface area contributed by atoms with Crippen LogP contribution in [-0.4, -0.2) is 6.67 Å². The van der Waals surface area contributed by atoms with E-state index in [1.807, 2.05) is 6.92 Å². The molecule has 3 atom stereocenters. The monoisotopic (exact) mass is 156 g/mol. The first-order valence-electron chi connectivity index (χ1n) is 4.36. The number of rotatable bonds is 3. The molecule has 0 aromatic rings. The van der Waals surface area contributed by atoms with Gasteiger partial charge in [-0.3, -0.25) is 4.39 Å². The molecule has 0 saturated heterocycles. The average molecular weight is 156 g/mol. The molecule has 1 aliphatic carbocycles. The highest BCUT2D eigenvalue weighted by molar-refractivity contribution is 5.07. The summed E-state index contributed by atoms with van der Waals surface area (Å²) in [6.07, 6.45) is 3.48. The van der Waals surface area contributed by atoms with Crippen LogP contribution in [0.15, 0.2) is 11.6 Å². The third-order valence-corrected chi connectivity index (χ3v) is 2.41. The zero-order valence-corrected chi connectivity index (χ0v) is 7.60. The quantitative estimate of drug-likeness (QED) is 0.550. The van der Waals surface area contributed by atoms with Crippen LogP contribution in [0.1, 0.15) is 27.2 Å². The van der Waals surface area contributed by atoms with E-state index < -0.39 is 0 Å². The zero-order valence-electron chi connectivity index (χ0n) is 7.60. The van der Waals surface area contributed by atoms with Gasteiger partial charge in [-0.15, -0.1) is 0 Å². The molecule has 0 heterocycles. The number of halogens is 1. The second-order valence-corrected chi connectivity index (χ2v) is 3.94. The van der Waals surface area contributed by atoms with Crippen LogP contribution in [0.4, 0.5) is 4.39 Å². The molecule has 0 N–H and O–H groups in total. The fraction of sp³-hybridized carbons (Fsp3) is 0.800. The molecule has 1 fully saturated rings. The van der Waals surface area contributed by atoms with Crippen LogP contribution in [0.2, 0.25) is 0 Å². The standard InChI is InChI=1S/C10H17F/c1-7(2)4-9-5-10(9)8(3)6-11/h4,8-10H,5-6H2,1-3H3. The van der Waals surface area contributed by atoms with Gasteiger partial charge in [0.2, 0.25) is 0 Å². The second-order valence-electron chi connectivity index (χ2n) is 3.94. The molecule has 0 radical (unpaired) electrons. The minimum Gasteiger partial charge on any atom is -0.251 e. The highest BCUT2D eigenvalue weighted by Gasteiger charge is 2.38. The van der Waals surface area contributed by atoms with Gasteiger partial charge in [-0.25, -0.2) is 0 Å². The average Bonchev–Trinajstić information content (AvgIpc) is 2.65. The van der Waals surface area contributed by atoms with Gasteiger partial charge in [-0.05, 0) is 38.0 Å². The minimum atomic E-state index is -0.155. The predicted octanol–water partition coefficient (Wildman–Crippen LogP) is 3.19.